The number of hydrogen-bond donors (Lipinski definition) is 2. The smallest absolute Gasteiger partial charge is 0.321 e. The number of nitrogen functional groups attached to an aromatic ring is 1. The van der Waals surface area contributed by atoms with E-state index in [-0.39, 0.29) is 11.9 Å². The zero-order valence-corrected chi connectivity index (χ0v) is 11.6. The summed E-state index contributed by atoms with van der Waals surface area (Å²) in [6, 6.07) is 6.93. The highest BCUT2D eigenvalue weighted by Gasteiger charge is 2.20. The predicted molar refractivity (Wildman–Crippen MR) is 78.3 cm³/mol. The lowest BCUT2D eigenvalue weighted by molar-refractivity contribution is -0.128. The number of rotatable bonds is 1. The number of urea groups is 1. The third-order valence-electron chi connectivity index (χ3n) is 3.37. The van der Waals surface area contributed by atoms with Gasteiger partial charge < -0.3 is 20.9 Å². The van der Waals surface area contributed by atoms with Gasteiger partial charge in [0.1, 0.15) is 0 Å². The molecule has 2 rings (SSSR count). The Balaban J connectivity index is 1.94. The molecule has 6 nitrogen and oxygen atoms in total. The Labute approximate surface area is 118 Å². The molecule has 1 aromatic carbocycles. The molecule has 1 saturated heterocycles. The maximum absolute atomic E-state index is 12.2. The Morgan fingerprint density at radius 2 is 1.85 bits per heavy atom. The summed E-state index contributed by atoms with van der Waals surface area (Å²) in [4.78, 5) is 27.0. The highest BCUT2D eigenvalue weighted by molar-refractivity contribution is 5.89. The predicted octanol–water partition coefficient (Wildman–Crippen LogP) is 1.35. The van der Waals surface area contributed by atoms with Gasteiger partial charge in [0.2, 0.25) is 5.91 Å². The van der Waals surface area contributed by atoms with Crippen LogP contribution in [0.2, 0.25) is 0 Å². The van der Waals surface area contributed by atoms with Gasteiger partial charge in [0, 0.05) is 44.5 Å². The number of carbonyl (C=O) groups excluding carboxylic acids is 2. The minimum Gasteiger partial charge on any atom is -0.399 e. The second-order valence-corrected chi connectivity index (χ2v) is 4.90. The van der Waals surface area contributed by atoms with Gasteiger partial charge in [-0.25, -0.2) is 4.79 Å². The van der Waals surface area contributed by atoms with Crippen molar-refractivity contribution in [3.63, 3.8) is 0 Å². The fourth-order valence-electron chi connectivity index (χ4n) is 2.25. The number of nitrogens with one attached hydrogen (secondary N) is 1. The molecule has 1 aromatic rings. The summed E-state index contributed by atoms with van der Waals surface area (Å²) in [5, 5.41) is 2.83. The molecule has 0 aromatic heterocycles. The summed E-state index contributed by atoms with van der Waals surface area (Å²) < 4.78 is 0. The Kier molecular flexibility index (Phi) is 4.45. The van der Waals surface area contributed by atoms with E-state index in [1.807, 2.05) is 0 Å². The first-order valence-electron chi connectivity index (χ1n) is 6.73. The summed E-state index contributed by atoms with van der Waals surface area (Å²) in [7, 11) is 0. The molecule has 0 aliphatic carbocycles. The van der Waals surface area contributed by atoms with Crippen LogP contribution in [0.5, 0.6) is 0 Å². The molecule has 0 radical (unpaired) electrons. The van der Waals surface area contributed by atoms with Crippen molar-refractivity contribution in [3.05, 3.63) is 24.3 Å². The van der Waals surface area contributed by atoms with Crippen LogP contribution >= 0.6 is 0 Å². The van der Waals surface area contributed by atoms with E-state index in [0.29, 0.717) is 37.6 Å². The first kappa shape index (κ1) is 14.2. The maximum atomic E-state index is 12.2. The van der Waals surface area contributed by atoms with Crippen LogP contribution in [0.1, 0.15) is 13.3 Å². The highest BCUT2D eigenvalue weighted by Crippen LogP contribution is 2.13. The van der Waals surface area contributed by atoms with Gasteiger partial charge in [0.05, 0.1) is 0 Å². The van der Waals surface area contributed by atoms with Gasteiger partial charge in [-0.2, -0.15) is 0 Å². The lowest BCUT2D eigenvalue weighted by Gasteiger charge is -2.21. The van der Waals surface area contributed by atoms with Crippen LogP contribution in [0.15, 0.2) is 24.3 Å². The standard InChI is InChI=1S/C14H20N4O2/c1-11(19)17-6-3-7-18(9-8-17)14(20)16-13-5-2-4-12(15)10-13/h2,4-5,10H,3,6-9,15H2,1H3,(H,16,20). The summed E-state index contributed by atoms with van der Waals surface area (Å²) in [6.07, 6.45) is 0.796. The van der Waals surface area contributed by atoms with Gasteiger partial charge in [-0.05, 0) is 24.6 Å². The highest BCUT2D eigenvalue weighted by atomic mass is 16.2. The van der Waals surface area contributed by atoms with Crippen molar-refractivity contribution in [2.24, 2.45) is 0 Å². The van der Waals surface area contributed by atoms with Crippen LogP contribution in [0.25, 0.3) is 0 Å². The van der Waals surface area contributed by atoms with Crippen molar-refractivity contribution in [1.82, 2.24) is 9.80 Å². The van der Waals surface area contributed by atoms with Crippen LogP contribution in [0, 0.1) is 0 Å². The third kappa shape index (κ3) is 3.63. The summed E-state index contributed by atoms with van der Waals surface area (Å²) in [5.74, 6) is 0.0584. The fraction of sp³-hybridized carbons (Fsp3) is 0.429. The van der Waals surface area contributed by atoms with E-state index in [9.17, 15) is 9.59 Å². The van der Waals surface area contributed by atoms with Crippen LogP contribution in [-0.4, -0.2) is 47.9 Å². The van der Waals surface area contributed by atoms with Crippen molar-refractivity contribution in [1.29, 1.82) is 0 Å². The lowest BCUT2D eigenvalue weighted by atomic mass is 10.3. The molecule has 0 atom stereocenters. The Bertz CT molecular complexity index is 504. The minimum atomic E-state index is -0.152. The number of carbonyl (C=O) groups is 2. The van der Waals surface area contributed by atoms with Gasteiger partial charge in [0.25, 0.3) is 0 Å². The molecule has 3 N–H and O–H groups in total. The van der Waals surface area contributed by atoms with E-state index < -0.39 is 0 Å². The maximum Gasteiger partial charge on any atom is 0.321 e. The molecule has 6 heteroatoms. The first-order chi connectivity index (χ1) is 9.56. The van der Waals surface area contributed by atoms with E-state index in [4.69, 9.17) is 5.73 Å². The molecule has 0 unspecified atom stereocenters. The number of nitrogens with zero attached hydrogens (tertiary/aromatic N) is 2. The Morgan fingerprint density at radius 1 is 1.15 bits per heavy atom. The van der Waals surface area contributed by atoms with Gasteiger partial charge >= 0.3 is 6.03 Å². The molecule has 108 valence electrons. The van der Waals surface area contributed by atoms with E-state index in [1.54, 1.807) is 41.0 Å². The van der Waals surface area contributed by atoms with Crippen LogP contribution < -0.4 is 11.1 Å². The van der Waals surface area contributed by atoms with Crippen LogP contribution in [0.4, 0.5) is 16.2 Å². The van der Waals surface area contributed by atoms with Gasteiger partial charge in [-0.1, -0.05) is 6.07 Å². The zero-order valence-electron chi connectivity index (χ0n) is 11.6. The Hall–Kier alpha value is -2.24. The SMILES string of the molecule is CC(=O)N1CCCN(C(=O)Nc2cccc(N)c2)CC1. The summed E-state index contributed by atoms with van der Waals surface area (Å²) in [6.45, 7) is 4.05. The molecular formula is C14H20N4O2. The van der Waals surface area contributed by atoms with Gasteiger partial charge in [0.15, 0.2) is 0 Å². The number of anilines is 2. The Morgan fingerprint density at radius 3 is 2.55 bits per heavy atom. The average molecular weight is 276 g/mol. The van der Waals surface area contributed by atoms with Gasteiger partial charge in [-0.15, -0.1) is 0 Å². The minimum absolute atomic E-state index is 0.0584. The molecule has 20 heavy (non-hydrogen) atoms. The second-order valence-electron chi connectivity index (χ2n) is 4.90. The summed E-state index contributed by atoms with van der Waals surface area (Å²) >= 11 is 0. The van der Waals surface area contributed by atoms with Gasteiger partial charge in [-0.3, -0.25) is 4.79 Å². The molecule has 3 amide bonds. The second kappa shape index (κ2) is 6.27. The number of hydrogen-bond acceptors (Lipinski definition) is 3. The number of amides is 3. The quantitative estimate of drug-likeness (QED) is 0.760. The molecule has 1 aliphatic heterocycles. The lowest BCUT2D eigenvalue weighted by Crippen LogP contribution is -2.38. The van der Waals surface area contributed by atoms with Crippen molar-refractivity contribution in [2.75, 3.05) is 37.2 Å². The average Bonchev–Trinajstić information content (AvgIpc) is 2.64. The molecule has 1 aliphatic rings. The summed E-state index contributed by atoms with van der Waals surface area (Å²) in [5.41, 5.74) is 6.98. The molecule has 1 fully saturated rings. The molecule has 0 saturated carbocycles. The number of nitrogens with two attached hydrogens (primary N) is 1. The molecule has 0 spiro atoms. The monoisotopic (exact) mass is 276 g/mol. The zero-order chi connectivity index (χ0) is 14.5. The topological polar surface area (TPSA) is 78.7 Å². The van der Waals surface area contributed by atoms with E-state index in [1.165, 1.54) is 0 Å². The van der Waals surface area contributed by atoms with Crippen LogP contribution in [-0.2, 0) is 4.79 Å². The van der Waals surface area contributed by atoms with Crippen LogP contribution in [0.3, 0.4) is 0 Å². The third-order valence-corrected chi connectivity index (χ3v) is 3.37. The van der Waals surface area contributed by atoms with Crippen molar-refractivity contribution < 1.29 is 9.59 Å². The van der Waals surface area contributed by atoms with E-state index >= 15 is 0 Å². The molecule has 0 bridgehead atoms. The van der Waals surface area contributed by atoms with E-state index in [2.05, 4.69) is 5.32 Å². The van der Waals surface area contributed by atoms with E-state index in [0.717, 1.165) is 6.42 Å². The number of benzene rings is 1. The van der Waals surface area contributed by atoms with Crippen molar-refractivity contribution >= 4 is 23.3 Å². The largest absolute Gasteiger partial charge is 0.399 e. The van der Waals surface area contributed by atoms with Crippen molar-refractivity contribution in [3.8, 4) is 0 Å². The first-order valence-corrected chi connectivity index (χ1v) is 6.73. The normalized spacial score (nSPS) is 15.7. The molecule has 1 heterocycles. The molecular weight excluding hydrogens is 256 g/mol. The fourth-order valence-corrected chi connectivity index (χ4v) is 2.25. The van der Waals surface area contributed by atoms with Crippen molar-refractivity contribution in [2.45, 2.75) is 13.3 Å².